The van der Waals surface area contributed by atoms with Crippen molar-refractivity contribution in [3.8, 4) is 11.5 Å². The van der Waals surface area contributed by atoms with Gasteiger partial charge in [-0.2, -0.15) is 5.10 Å². The van der Waals surface area contributed by atoms with Gasteiger partial charge in [-0.3, -0.25) is 9.59 Å². The Morgan fingerprint density at radius 2 is 1.61 bits per heavy atom. The maximum Gasteiger partial charge on any atom is 0.261 e. The quantitative estimate of drug-likeness (QED) is 0.260. The summed E-state index contributed by atoms with van der Waals surface area (Å²) in [7, 11) is 3.12. The molecule has 3 aromatic carbocycles. The van der Waals surface area contributed by atoms with Crippen LogP contribution in [0.15, 0.2) is 78.1 Å². The molecule has 3 N–H and O–H groups in total. The van der Waals surface area contributed by atoms with Gasteiger partial charge < -0.3 is 25.4 Å². The molecule has 5 rings (SSSR count). The number of fused-ring (bicyclic) bond motifs is 1. The van der Waals surface area contributed by atoms with Gasteiger partial charge in [0.25, 0.3) is 11.8 Å². The van der Waals surface area contributed by atoms with Gasteiger partial charge >= 0.3 is 0 Å². The second-order valence-electron chi connectivity index (χ2n) is 10.1. The van der Waals surface area contributed by atoms with Gasteiger partial charge in [0.15, 0.2) is 11.5 Å². The van der Waals surface area contributed by atoms with Crippen LogP contribution in [0.3, 0.4) is 0 Å². The Balaban J connectivity index is 1.60. The van der Waals surface area contributed by atoms with Crippen LogP contribution in [0, 0.1) is 20.8 Å². The van der Waals surface area contributed by atoms with Crippen LogP contribution >= 0.6 is 0 Å². The smallest absolute Gasteiger partial charge is 0.261 e. The van der Waals surface area contributed by atoms with Crippen LogP contribution in [-0.4, -0.2) is 35.8 Å². The van der Waals surface area contributed by atoms with Gasteiger partial charge in [-0.15, -0.1) is 0 Å². The summed E-state index contributed by atoms with van der Waals surface area (Å²) < 4.78 is 13.0. The van der Waals surface area contributed by atoms with Gasteiger partial charge in [0, 0.05) is 22.6 Å². The molecular formula is C32H33N5O4. The SMILES string of the molecule is COc1cccc([C@H]2C(C(=O)Nc3ccc(C)cc3C)=C(C)Nc3c(C(=O)Nc4ccc(C)cc4)cnn32)c1OC. The molecule has 0 radical (unpaired) electrons. The fraction of sp³-hybridized carbons (Fsp3) is 0.219. The van der Waals surface area contributed by atoms with E-state index in [9.17, 15) is 9.59 Å². The first-order valence-corrected chi connectivity index (χ1v) is 13.2. The van der Waals surface area contributed by atoms with E-state index in [1.54, 1.807) is 25.0 Å². The number of hydrogen-bond acceptors (Lipinski definition) is 6. The molecule has 0 bridgehead atoms. The van der Waals surface area contributed by atoms with Gasteiger partial charge in [0.05, 0.1) is 26.0 Å². The van der Waals surface area contributed by atoms with Gasteiger partial charge in [0.2, 0.25) is 0 Å². The number of amides is 2. The minimum absolute atomic E-state index is 0.302. The highest BCUT2D eigenvalue weighted by Crippen LogP contribution is 2.44. The molecular weight excluding hydrogens is 518 g/mol. The number of carbonyl (C=O) groups excluding carboxylic acids is 2. The zero-order valence-corrected chi connectivity index (χ0v) is 24.0. The largest absolute Gasteiger partial charge is 0.493 e. The number of rotatable bonds is 7. The lowest BCUT2D eigenvalue weighted by atomic mass is 9.93. The number of ether oxygens (including phenoxy) is 2. The standard InChI is InChI=1S/C32H33N5O4/c1-18-10-13-22(14-11-18)35-31(38)24-17-33-37-28(23-8-7-9-26(40-5)29(23)41-6)27(21(4)34-30(24)37)32(39)36-25-15-12-19(2)16-20(25)3/h7-17,28,34H,1-6H3,(H,35,38)(H,36,39)/t28-/m0/s1. The van der Waals surface area contributed by atoms with Crippen LogP contribution in [0.2, 0.25) is 0 Å². The van der Waals surface area contributed by atoms with Crippen molar-refractivity contribution >= 4 is 29.0 Å². The lowest BCUT2D eigenvalue weighted by Crippen LogP contribution is -2.32. The monoisotopic (exact) mass is 551 g/mol. The number of carbonyl (C=O) groups is 2. The number of para-hydroxylation sites is 1. The second kappa shape index (κ2) is 11.2. The minimum atomic E-state index is -0.719. The van der Waals surface area contributed by atoms with E-state index in [-0.39, 0.29) is 11.8 Å². The summed E-state index contributed by atoms with van der Waals surface area (Å²) in [4.78, 5) is 27.4. The van der Waals surface area contributed by atoms with Crippen LogP contribution in [0.1, 0.15) is 45.6 Å². The second-order valence-corrected chi connectivity index (χ2v) is 10.1. The zero-order valence-electron chi connectivity index (χ0n) is 24.0. The zero-order chi connectivity index (χ0) is 29.3. The molecule has 0 saturated heterocycles. The molecule has 1 aliphatic rings. The number of benzene rings is 3. The fourth-order valence-electron chi connectivity index (χ4n) is 5.11. The average molecular weight is 552 g/mol. The molecule has 9 heteroatoms. The first-order chi connectivity index (χ1) is 19.7. The molecule has 1 atom stereocenters. The Morgan fingerprint density at radius 3 is 2.29 bits per heavy atom. The van der Waals surface area contributed by atoms with E-state index in [0.717, 1.165) is 16.7 Å². The minimum Gasteiger partial charge on any atom is -0.493 e. The van der Waals surface area contributed by atoms with Crippen LogP contribution in [0.5, 0.6) is 11.5 Å². The van der Waals surface area contributed by atoms with E-state index < -0.39 is 6.04 Å². The molecule has 0 unspecified atom stereocenters. The van der Waals surface area contributed by atoms with Gasteiger partial charge in [-0.05, 0) is 57.5 Å². The summed E-state index contributed by atoms with van der Waals surface area (Å²) >= 11 is 0. The van der Waals surface area contributed by atoms with Crippen LogP contribution in [0.4, 0.5) is 17.2 Å². The van der Waals surface area contributed by atoms with Crippen LogP contribution in [-0.2, 0) is 4.79 Å². The number of nitrogens with zero attached hydrogens (tertiary/aromatic N) is 2. The van der Waals surface area contributed by atoms with Crippen molar-refractivity contribution in [2.45, 2.75) is 33.7 Å². The summed E-state index contributed by atoms with van der Waals surface area (Å²) in [5.41, 5.74) is 6.54. The molecule has 0 aliphatic carbocycles. The fourth-order valence-corrected chi connectivity index (χ4v) is 5.11. The number of anilines is 3. The molecule has 210 valence electrons. The van der Waals surface area contributed by atoms with E-state index in [4.69, 9.17) is 9.47 Å². The first-order valence-electron chi connectivity index (χ1n) is 13.2. The summed E-state index contributed by atoms with van der Waals surface area (Å²) in [5, 5.41) is 13.9. The normalized spacial score (nSPS) is 14.1. The number of methoxy groups -OCH3 is 2. The van der Waals surface area contributed by atoms with E-state index >= 15 is 0 Å². The predicted octanol–water partition coefficient (Wildman–Crippen LogP) is 6.01. The maximum absolute atomic E-state index is 14.0. The van der Waals surface area contributed by atoms with Crippen molar-refractivity contribution in [1.29, 1.82) is 0 Å². The number of allylic oxidation sites excluding steroid dienone is 1. The lowest BCUT2D eigenvalue weighted by molar-refractivity contribution is -0.113. The highest BCUT2D eigenvalue weighted by atomic mass is 16.5. The topological polar surface area (TPSA) is 107 Å². The van der Waals surface area contributed by atoms with E-state index in [2.05, 4.69) is 21.0 Å². The summed E-state index contributed by atoms with van der Waals surface area (Å²) in [5.74, 6) is 0.823. The third-order valence-corrected chi connectivity index (χ3v) is 7.18. The predicted molar refractivity (Wildman–Crippen MR) is 160 cm³/mol. The van der Waals surface area contributed by atoms with Crippen molar-refractivity contribution in [3.63, 3.8) is 0 Å². The van der Waals surface area contributed by atoms with Gasteiger partial charge in [0.1, 0.15) is 17.4 Å². The molecule has 0 fully saturated rings. The summed E-state index contributed by atoms with van der Waals surface area (Å²) in [6, 6.07) is 18.2. The third kappa shape index (κ3) is 5.26. The Labute approximate surface area is 239 Å². The molecule has 1 aliphatic heterocycles. The van der Waals surface area contributed by atoms with Gasteiger partial charge in [-0.1, -0.05) is 47.5 Å². The number of aryl methyl sites for hydroxylation is 3. The van der Waals surface area contributed by atoms with Crippen LogP contribution in [0.25, 0.3) is 0 Å². The Hall–Kier alpha value is -5.05. The average Bonchev–Trinajstić information content (AvgIpc) is 3.38. The van der Waals surface area contributed by atoms with Crippen molar-refractivity contribution in [2.75, 3.05) is 30.2 Å². The van der Waals surface area contributed by atoms with Crippen LogP contribution < -0.4 is 25.4 Å². The Bertz CT molecular complexity index is 1670. The highest BCUT2D eigenvalue weighted by molar-refractivity contribution is 6.09. The maximum atomic E-state index is 14.0. The molecule has 41 heavy (non-hydrogen) atoms. The lowest BCUT2D eigenvalue weighted by Gasteiger charge is -2.31. The third-order valence-electron chi connectivity index (χ3n) is 7.18. The first kappa shape index (κ1) is 27.5. The molecule has 0 spiro atoms. The molecule has 2 heterocycles. The van der Waals surface area contributed by atoms with Crippen molar-refractivity contribution < 1.29 is 19.1 Å². The number of hydrogen-bond donors (Lipinski definition) is 3. The number of nitrogens with one attached hydrogen (secondary N) is 3. The highest BCUT2D eigenvalue weighted by Gasteiger charge is 2.37. The van der Waals surface area contributed by atoms with E-state index in [1.165, 1.54) is 6.20 Å². The molecule has 4 aromatic rings. The summed E-state index contributed by atoms with van der Waals surface area (Å²) in [6.45, 7) is 7.76. The molecule has 0 saturated carbocycles. The van der Waals surface area contributed by atoms with Crippen molar-refractivity contribution in [3.05, 3.63) is 106 Å². The molecule has 9 nitrogen and oxygen atoms in total. The van der Waals surface area contributed by atoms with Crippen molar-refractivity contribution in [2.24, 2.45) is 0 Å². The van der Waals surface area contributed by atoms with E-state index in [1.807, 2.05) is 82.3 Å². The molecule has 1 aromatic heterocycles. The summed E-state index contributed by atoms with van der Waals surface area (Å²) in [6.07, 6.45) is 1.50. The Morgan fingerprint density at radius 1 is 0.878 bits per heavy atom. The molecule has 2 amide bonds. The van der Waals surface area contributed by atoms with E-state index in [0.29, 0.717) is 51.1 Å². The Kier molecular flexibility index (Phi) is 7.52. The number of aromatic nitrogens is 2. The van der Waals surface area contributed by atoms with Gasteiger partial charge in [-0.25, -0.2) is 4.68 Å². The van der Waals surface area contributed by atoms with Crippen molar-refractivity contribution in [1.82, 2.24) is 9.78 Å².